The molecule has 0 aromatic heterocycles. The van der Waals surface area contributed by atoms with Crippen LogP contribution in [0.5, 0.6) is 0 Å². The van der Waals surface area contributed by atoms with Crippen LogP contribution in [-0.4, -0.2) is 56.4 Å². The molecule has 0 aliphatic rings. The van der Waals surface area contributed by atoms with Crippen molar-refractivity contribution in [3.05, 3.63) is 0 Å². The fraction of sp³-hybridized carbons (Fsp3) is 0.750. The second-order valence-electron chi connectivity index (χ2n) is 3.17. The minimum absolute atomic E-state index is 0.0817. The van der Waals surface area contributed by atoms with Crippen molar-refractivity contribution >= 4 is 62.5 Å². The van der Waals surface area contributed by atoms with E-state index in [1.807, 2.05) is 0 Å². The van der Waals surface area contributed by atoms with Crippen molar-refractivity contribution < 1.29 is 24.5 Å². The summed E-state index contributed by atoms with van der Waals surface area (Å²) < 4.78 is 5.31. The molecule has 0 aliphatic carbocycles. The minimum Gasteiger partial charge on any atom is -0.480 e. The van der Waals surface area contributed by atoms with Crippen molar-refractivity contribution in [3.8, 4) is 0 Å². The molecular formula is C8H14O5S4. The number of hydrogen-bond donors (Lipinski definition) is 6. The van der Waals surface area contributed by atoms with Crippen LogP contribution in [0.1, 0.15) is 0 Å². The van der Waals surface area contributed by atoms with E-state index in [-0.39, 0.29) is 12.4 Å². The van der Waals surface area contributed by atoms with Crippen LogP contribution >= 0.6 is 50.5 Å². The van der Waals surface area contributed by atoms with Gasteiger partial charge < -0.3 is 14.9 Å². The molecule has 0 amide bonds. The molecule has 100 valence electrons. The van der Waals surface area contributed by atoms with Crippen molar-refractivity contribution in [2.45, 2.75) is 16.1 Å². The highest BCUT2D eigenvalue weighted by Gasteiger charge is 2.49. The second kappa shape index (κ2) is 7.67. The lowest BCUT2D eigenvalue weighted by Crippen LogP contribution is -2.57. The minimum atomic E-state index is -1.60. The van der Waals surface area contributed by atoms with Crippen molar-refractivity contribution in [1.29, 1.82) is 0 Å². The van der Waals surface area contributed by atoms with Gasteiger partial charge in [0.1, 0.15) is 16.1 Å². The molecule has 2 atom stereocenters. The van der Waals surface area contributed by atoms with Gasteiger partial charge in [0, 0.05) is 11.5 Å². The van der Waals surface area contributed by atoms with Gasteiger partial charge in [-0.2, -0.15) is 50.5 Å². The standard InChI is InChI=1S/C8H14O5S4/c9-6(10)4(16)8(3-15,13-1-2-14)5(17)7(11)12/h4-5,14-17H,1-3H2,(H,9,10)(H,11,12). The van der Waals surface area contributed by atoms with Gasteiger partial charge in [0.15, 0.2) is 0 Å². The molecule has 0 radical (unpaired) electrons. The van der Waals surface area contributed by atoms with E-state index >= 15 is 0 Å². The molecule has 0 aromatic rings. The highest BCUT2D eigenvalue weighted by Crippen LogP contribution is 2.31. The molecule has 9 heteroatoms. The van der Waals surface area contributed by atoms with Gasteiger partial charge in [0.05, 0.1) is 6.61 Å². The third-order valence-electron chi connectivity index (χ3n) is 2.10. The van der Waals surface area contributed by atoms with Crippen molar-refractivity contribution in [2.75, 3.05) is 18.1 Å². The molecule has 17 heavy (non-hydrogen) atoms. The molecule has 0 aliphatic heterocycles. The van der Waals surface area contributed by atoms with E-state index in [0.29, 0.717) is 5.75 Å². The van der Waals surface area contributed by atoms with Crippen LogP contribution in [0, 0.1) is 0 Å². The predicted molar refractivity (Wildman–Crippen MR) is 77.2 cm³/mol. The van der Waals surface area contributed by atoms with Gasteiger partial charge >= 0.3 is 11.9 Å². The van der Waals surface area contributed by atoms with Crippen LogP contribution < -0.4 is 0 Å². The Labute approximate surface area is 121 Å². The number of carbonyl (C=O) groups is 2. The number of ether oxygens (including phenoxy) is 1. The summed E-state index contributed by atoms with van der Waals surface area (Å²) in [5, 5.41) is 15.2. The van der Waals surface area contributed by atoms with Gasteiger partial charge in [-0.3, -0.25) is 9.59 Å². The van der Waals surface area contributed by atoms with E-state index < -0.39 is 28.0 Å². The first-order chi connectivity index (χ1) is 7.83. The lowest BCUT2D eigenvalue weighted by molar-refractivity contribution is -0.148. The maximum absolute atomic E-state index is 11.0. The van der Waals surface area contributed by atoms with E-state index in [1.54, 1.807) is 0 Å². The Morgan fingerprint density at radius 3 is 1.76 bits per heavy atom. The first-order valence-electron chi connectivity index (χ1n) is 4.51. The first kappa shape index (κ1) is 17.3. The monoisotopic (exact) mass is 318 g/mol. The first-order valence-corrected chi connectivity index (χ1v) is 6.80. The van der Waals surface area contributed by atoms with Gasteiger partial charge in [0.25, 0.3) is 0 Å². The summed E-state index contributed by atoms with van der Waals surface area (Å²) in [6.45, 7) is 0.0817. The average Bonchev–Trinajstić information content (AvgIpc) is 2.29. The van der Waals surface area contributed by atoms with Crippen molar-refractivity contribution in [3.63, 3.8) is 0 Å². The fourth-order valence-corrected chi connectivity index (χ4v) is 2.76. The lowest BCUT2D eigenvalue weighted by Gasteiger charge is -2.37. The molecule has 2 unspecified atom stereocenters. The Hall–Kier alpha value is 0.300. The van der Waals surface area contributed by atoms with Crippen LogP contribution in [0.4, 0.5) is 0 Å². The summed E-state index contributed by atoms with van der Waals surface area (Å²) in [6.07, 6.45) is 0. The normalized spacial score (nSPS) is 18.1. The Morgan fingerprint density at radius 1 is 1.12 bits per heavy atom. The summed E-state index contributed by atoms with van der Waals surface area (Å²) in [5.41, 5.74) is -1.60. The number of carboxylic acid groups (broad SMARTS) is 2. The smallest absolute Gasteiger partial charge is 0.319 e. The molecule has 0 bridgehead atoms. The number of carboxylic acids is 2. The Balaban J connectivity index is 5.26. The topological polar surface area (TPSA) is 83.8 Å². The highest BCUT2D eigenvalue weighted by atomic mass is 32.1. The van der Waals surface area contributed by atoms with E-state index in [9.17, 15) is 9.59 Å². The number of hydrogen-bond acceptors (Lipinski definition) is 7. The zero-order chi connectivity index (χ0) is 13.6. The highest BCUT2D eigenvalue weighted by molar-refractivity contribution is 7.83. The molecule has 0 rings (SSSR count). The number of aliphatic carboxylic acids is 2. The third kappa shape index (κ3) is 4.16. The summed E-state index contributed by atoms with van der Waals surface area (Å²) in [4.78, 5) is 21.9. The summed E-state index contributed by atoms with van der Waals surface area (Å²) in [6, 6.07) is 0. The Morgan fingerprint density at radius 2 is 1.53 bits per heavy atom. The average molecular weight is 318 g/mol. The van der Waals surface area contributed by atoms with E-state index in [0.717, 1.165) is 0 Å². The predicted octanol–water partition coefficient (Wildman–Crippen LogP) is 0.367. The maximum Gasteiger partial charge on any atom is 0.319 e. The molecule has 0 heterocycles. The molecule has 2 N–H and O–H groups in total. The van der Waals surface area contributed by atoms with E-state index in [4.69, 9.17) is 14.9 Å². The van der Waals surface area contributed by atoms with Crippen LogP contribution in [0.2, 0.25) is 0 Å². The van der Waals surface area contributed by atoms with Crippen LogP contribution in [0.3, 0.4) is 0 Å². The summed E-state index contributed by atoms with van der Waals surface area (Å²) >= 11 is 15.6. The molecule has 0 saturated heterocycles. The Bertz CT molecular complexity index is 265. The van der Waals surface area contributed by atoms with Crippen molar-refractivity contribution in [1.82, 2.24) is 0 Å². The number of thiol groups is 4. The van der Waals surface area contributed by atoms with Gasteiger partial charge in [-0.25, -0.2) is 0 Å². The van der Waals surface area contributed by atoms with Crippen molar-refractivity contribution in [2.24, 2.45) is 0 Å². The van der Waals surface area contributed by atoms with Gasteiger partial charge in [0.2, 0.25) is 0 Å². The van der Waals surface area contributed by atoms with Crippen LogP contribution in [0.15, 0.2) is 0 Å². The Kier molecular flexibility index (Phi) is 7.81. The maximum atomic E-state index is 11.0. The van der Waals surface area contributed by atoms with Gasteiger partial charge in [-0.1, -0.05) is 0 Å². The lowest BCUT2D eigenvalue weighted by atomic mass is 9.96. The third-order valence-corrected chi connectivity index (χ3v) is 4.10. The SMILES string of the molecule is O=C(O)C(S)C(CS)(OCCS)C(S)C(=O)O. The van der Waals surface area contributed by atoms with Gasteiger partial charge in [-0.15, -0.1) is 0 Å². The summed E-state index contributed by atoms with van der Waals surface area (Å²) in [5.74, 6) is -2.40. The fourth-order valence-electron chi connectivity index (χ4n) is 1.18. The largest absolute Gasteiger partial charge is 0.480 e. The molecule has 0 aromatic carbocycles. The van der Waals surface area contributed by atoms with Crippen LogP contribution in [-0.2, 0) is 14.3 Å². The zero-order valence-corrected chi connectivity index (χ0v) is 12.3. The number of rotatable bonds is 8. The van der Waals surface area contributed by atoms with E-state index in [1.165, 1.54) is 0 Å². The van der Waals surface area contributed by atoms with E-state index in [2.05, 4.69) is 50.5 Å². The zero-order valence-electron chi connectivity index (χ0n) is 8.68. The summed E-state index contributed by atoms with van der Waals surface area (Å²) in [7, 11) is 0. The second-order valence-corrected chi connectivity index (χ2v) is 4.96. The molecule has 0 saturated carbocycles. The van der Waals surface area contributed by atoms with Gasteiger partial charge in [-0.05, 0) is 0 Å². The molecule has 0 fully saturated rings. The molecule has 0 spiro atoms. The molecular weight excluding hydrogens is 304 g/mol. The van der Waals surface area contributed by atoms with Crippen LogP contribution in [0.25, 0.3) is 0 Å². The quantitative estimate of drug-likeness (QED) is 0.364. The molecule has 5 nitrogen and oxygen atoms in total.